The van der Waals surface area contributed by atoms with Gasteiger partial charge in [0.2, 0.25) is 0 Å². The number of ether oxygens (including phenoxy) is 1. The van der Waals surface area contributed by atoms with Gasteiger partial charge in [0.25, 0.3) is 5.91 Å². The van der Waals surface area contributed by atoms with Crippen LogP contribution in [-0.2, 0) is 17.8 Å². The number of esters is 1. The number of Topliss-reactive ketones (excluding diaryl/α,β-unsaturated/α-hetero) is 1. The first-order valence-corrected chi connectivity index (χ1v) is 11.4. The zero-order valence-corrected chi connectivity index (χ0v) is 20.4. The van der Waals surface area contributed by atoms with E-state index in [9.17, 15) is 14.4 Å². The predicted octanol–water partition coefficient (Wildman–Crippen LogP) is 4.53. The summed E-state index contributed by atoms with van der Waals surface area (Å²) in [5, 5.41) is 0. The molecule has 7 heteroatoms. The molecule has 1 aromatic carbocycles. The second-order valence-corrected chi connectivity index (χ2v) is 8.20. The van der Waals surface area contributed by atoms with Gasteiger partial charge in [-0.3, -0.25) is 14.6 Å². The quantitative estimate of drug-likeness (QED) is 0.345. The van der Waals surface area contributed by atoms with Gasteiger partial charge in [-0.2, -0.15) is 0 Å². The van der Waals surface area contributed by atoms with E-state index in [1.807, 2.05) is 45.0 Å². The van der Waals surface area contributed by atoms with Crippen molar-refractivity contribution in [3.63, 3.8) is 0 Å². The number of benzene rings is 1. The highest BCUT2D eigenvalue weighted by molar-refractivity contribution is 6.06. The van der Waals surface area contributed by atoms with E-state index in [-0.39, 0.29) is 31.4 Å². The van der Waals surface area contributed by atoms with Crippen LogP contribution in [0.15, 0.2) is 48.8 Å². The number of pyridine rings is 1. The van der Waals surface area contributed by atoms with Crippen molar-refractivity contribution >= 4 is 17.7 Å². The lowest BCUT2D eigenvalue weighted by Crippen LogP contribution is -2.35. The third-order valence-corrected chi connectivity index (χ3v) is 5.87. The van der Waals surface area contributed by atoms with Crippen molar-refractivity contribution < 1.29 is 19.1 Å². The van der Waals surface area contributed by atoms with Gasteiger partial charge in [0.1, 0.15) is 5.69 Å². The Morgan fingerprint density at radius 2 is 1.62 bits per heavy atom. The Balaban J connectivity index is 1.97. The molecule has 7 nitrogen and oxygen atoms in total. The summed E-state index contributed by atoms with van der Waals surface area (Å²) in [5.74, 6) is -0.906. The molecule has 1 amide bonds. The maximum absolute atomic E-state index is 13.6. The number of nitrogens with zero attached hydrogens (tertiary/aromatic N) is 3. The van der Waals surface area contributed by atoms with E-state index in [0.717, 1.165) is 11.1 Å². The molecular weight excluding hydrogens is 430 g/mol. The molecule has 178 valence electrons. The molecule has 0 aliphatic heterocycles. The van der Waals surface area contributed by atoms with Crippen molar-refractivity contribution in [2.24, 2.45) is 0 Å². The van der Waals surface area contributed by atoms with Gasteiger partial charge < -0.3 is 14.2 Å². The van der Waals surface area contributed by atoms with Gasteiger partial charge in [0.05, 0.1) is 13.2 Å². The molecule has 0 saturated carbocycles. The summed E-state index contributed by atoms with van der Waals surface area (Å²) in [4.78, 5) is 45.1. The Morgan fingerprint density at radius 1 is 0.971 bits per heavy atom. The van der Waals surface area contributed by atoms with E-state index in [2.05, 4.69) is 4.98 Å². The molecule has 0 aliphatic rings. The van der Waals surface area contributed by atoms with Crippen molar-refractivity contribution in [1.82, 2.24) is 14.5 Å². The summed E-state index contributed by atoms with van der Waals surface area (Å²) >= 11 is 0. The van der Waals surface area contributed by atoms with Gasteiger partial charge in [-0.25, -0.2) is 4.79 Å². The summed E-state index contributed by atoms with van der Waals surface area (Å²) < 4.78 is 7.02. The van der Waals surface area contributed by atoms with Crippen LogP contribution >= 0.6 is 0 Å². The van der Waals surface area contributed by atoms with E-state index >= 15 is 0 Å². The fourth-order valence-electron chi connectivity index (χ4n) is 4.20. The monoisotopic (exact) mass is 461 g/mol. The molecule has 34 heavy (non-hydrogen) atoms. The highest BCUT2D eigenvalue weighted by atomic mass is 16.5. The first-order chi connectivity index (χ1) is 16.3. The van der Waals surface area contributed by atoms with Crippen LogP contribution in [0, 0.1) is 20.8 Å². The third-order valence-electron chi connectivity index (χ3n) is 5.87. The SMILES string of the molecule is CCOC(=O)c1c(C)c(C(=O)CN(Cc2ccncc2)C(=O)c2ccc(C)cc2)c(C)n1CC. The van der Waals surface area contributed by atoms with Crippen molar-refractivity contribution in [3.05, 3.63) is 88.0 Å². The molecule has 0 saturated heterocycles. The smallest absolute Gasteiger partial charge is 0.355 e. The number of aryl methyl sites for hydroxylation is 1. The minimum Gasteiger partial charge on any atom is -0.461 e. The molecular formula is C27H31N3O4. The van der Waals surface area contributed by atoms with Gasteiger partial charge in [0, 0.05) is 42.3 Å². The maximum atomic E-state index is 13.6. The first kappa shape index (κ1) is 24.9. The average molecular weight is 462 g/mol. The summed E-state index contributed by atoms with van der Waals surface area (Å²) in [6.45, 7) is 10.1. The Morgan fingerprint density at radius 3 is 2.21 bits per heavy atom. The Labute approximate surface area is 200 Å². The van der Waals surface area contributed by atoms with E-state index in [4.69, 9.17) is 4.74 Å². The van der Waals surface area contributed by atoms with Crippen LogP contribution < -0.4 is 0 Å². The topological polar surface area (TPSA) is 81.5 Å². The zero-order valence-electron chi connectivity index (χ0n) is 20.4. The number of carbonyl (C=O) groups is 3. The van der Waals surface area contributed by atoms with Crippen LogP contribution in [0.1, 0.15) is 67.4 Å². The number of aromatic nitrogens is 2. The Hall–Kier alpha value is -3.74. The molecule has 3 aromatic rings. The van der Waals surface area contributed by atoms with E-state index in [0.29, 0.717) is 34.6 Å². The lowest BCUT2D eigenvalue weighted by Gasteiger charge is -2.23. The van der Waals surface area contributed by atoms with E-state index < -0.39 is 5.97 Å². The highest BCUT2D eigenvalue weighted by Gasteiger charge is 2.28. The van der Waals surface area contributed by atoms with Crippen LogP contribution in [0.4, 0.5) is 0 Å². The van der Waals surface area contributed by atoms with Crippen molar-refractivity contribution in [1.29, 1.82) is 0 Å². The molecule has 0 unspecified atom stereocenters. The minimum atomic E-state index is -0.451. The van der Waals surface area contributed by atoms with Crippen molar-refractivity contribution in [2.45, 2.75) is 47.7 Å². The van der Waals surface area contributed by atoms with Gasteiger partial charge in [-0.1, -0.05) is 17.7 Å². The van der Waals surface area contributed by atoms with Crippen LogP contribution in [-0.4, -0.2) is 45.3 Å². The molecule has 0 aliphatic carbocycles. The van der Waals surface area contributed by atoms with Crippen LogP contribution in [0.2, 0.25) is 0 Å². The van der Waals surface area contributed by atoms with Gasteiger partial charge >= 0.3 is 5.97 Å². The lowest BCUT2D eigenvalue weighted by molar-refractivity contribution is 0.0512. The number of rotatable bonds is 9. The van der Waals surface area contributed by atoms with Crippen LogP contribution in [0.3, 0.4) is 0 Å². The summed E-state index contributed by atoms with van der Waals surface area (Å²) in [5.41, 5.74) is 4.55. The second-order valence-electron chi connectivity index (χ2n) is 8.20. The zero-order chi connectivity index (χ0) is 24.8. The molecule has 0 spiro atoms. The van der Waals surface area contributed by atoms with Gasteiger partial charge in [0.15, 0.2) is 5.78 Å². The molecule has 3 rings (SSSR count). The second kappa shape index (κ2) is 10.9. The lowest BCUT2D eigenvalue weighted by atomic mass is 10.0. The predicted molar refractivity (Wildman–Crippen MR) is 130 cm³/mol. The molecule has 2 heterocycles. The highest BCUT2D eigenvalue weighted by Crippen LogP contribution is 2.25. The Bertz CT molecular complexity index is 1180. The van der Waals surface area contributed by atoms with E-state index in [1.165, 1.54) is 4.90 Å². The van der Waals surface area contributed by atoms with Crippen molar-refractivity contribution in [3.8, 4) is 0 Å². The third kappa shape index (κ3) is 5.25. The summed E-state index contributed by atoms with van der Waals surface area (Å²) in [7, 11) is 0. The fraction of sp³-hybridized carbons (Fsp3) is 0.333. The summed E-state index contributed by atoms with van der Waals surface area (Å²) in [6.07, 6.45) is 3.32. The van der Waals surface area contributed by atoms with E-state index in [1.54, 1.807) is 42.9 Å². The minimum absolute atomic E-state index is 0.118. The first-order valence-electron chi connectivity index (χ1n) is 11.4. The molecule has 0 fully saturated rings. The number of carbonyl (C=O) groups excluding carboxylic acids is 3. The Kier molecular flexibility index (Phi) is 7.99. The number of ketones is 1. The molecule has 0 radical (unpaired) electrons. The largest absolute Gasteiger partial charge is 0.461 e. The van der Waals surface area contributed by atoms with Crippen LogP contribution in [0.5, 0.6) is 0 Å². The number of amides is 1. The standard InChI is InChI=1S/C27H31N3O4/c1-6-30-20(5)24(19(4)25(30)27(33)34-7-2)23(31)17-29(16-21-12-14-28-15-13-21)26(32)22-10-8-18(3)9-11-22/h8-15H,6-7,16-17H2,1-5H3. The van der Waals surface area contributed by atoms with Gasteiger partial charge in [-0.05, 0) is 70.0 Å². The van der Waals surface area contributed by atoms with Crippen LogP contribution in [0.25, 0.3) is 0 Å². The summed E-state index contributed by atoms with van der Waals surface area (Å²) in [6, 6.07) is 10.9. The average Bonchev–Trinajstić information content (AvgIpc) is 3.08. The van der Waals surface area contributed by atoms with Gasteiger partial charge in [-0.15, -0.1) is 0 Å². The normalized spacial score (nSPS) is 10.7. The molecule has 0 N–H and O–H groups in total. The molecule has 2 aromatic heterocycles. The van der Waals surface area contributed by atoms with Crippen molar-refractivity contribution in [2.75, 3.05) is 13.2 Å². The fourth-order valence-corrected chi connectivity index (χ4v) is 4.20. The maximum Gasteiger partial charge on any atom is 0.355 e. The molecule has 0 bridgehead atoms. The number of hydrogen-bond donors (Lipinski definition) is 0. The number of hydrogen-bond acceptors (Lipinski definition) is 5. The molecule has 0 atom stereocenters.